The second-order valence-electron chi connectivity index (χ2n) is 6.48. The number of hydrogen-bond acceptors (Lipinski definition) is 4. The van der Waals surface area contributed by atoms with Crippen LogP contribution in [0.4, 0.5) is 4.39 Å². The second-order valence-corrected chi connectivity index (χ2v) is 6.48. The highest BCUT2D eigenvalue weighted by Gasteiger charge is 2.30. The summed E-state index contributed by atoms with van der Waals surface area (Å²) in [5, 5.41) is 0. The smallest absolute Gasteiger partial charge is 0.227 e. The molecule has 0 bridgehead atoms. The fourth-order valence-corrected chi connectivity index (χ4v) is 3.51. The molecule has 1 amide bonds. The fourth-order valence-electron chi connectivity index (χ4n) is 3.51. The van der Waals surface area contributed by atoms with Gasteiger partial charge in [0, 0.05) is 26.2 Å². The summed E-state index contributed by atoms with van der Waals surface area (Å²) >= 11 is 0. The van der Waals surface area contributed by atoms with Gasteiger partial charge in [-0.25, -0.2) is 4.39 Å². The molecule has 132 valence electrons. The Labute approximate surface area is 142 Å². The lowest BCUT2D eigenvalue weighted by Crippen LogP contribution is -2.48. The Morgan fingerprint density at radius 1 is 1.33 bits per heavy atom. The maximum absolute atomic E-state index is 13.8. The van der Waals surface area contributed by atoms with Crippen LogP contribution in [0.3, 0.4) is 0 Å². The van der Waals surface area contributed by atoms with Crippen LogP contribution in [0.25, 0.3) is 0 Å². The normalized spacial score (nSPS) is 22.4. The number of likely N-dealkylation sites (tertiary alicyclic amines) is 1. The molecule has 6 heteroatoms. The van der Waals surface area contributed by atoms with E-state index in [1.54, 1.807) is 6.07 Å². The minimum absolute atomic E-state index is 0.0416. The van der Waals surface area contributed by atoms with Crippen LogP contribution in [0, 0.1) is 11.7 Å². The van der Waals surface area contributed by atoms with E-state index in [2.05, 4.69) is 4.90 Å². The number of methoxy groups -OCH3 is 1. The van der Waals surface area contributed by atoms with Crippen LogP contribution in [0.2, 0.25) is 0 Å². The van der Waals surface area contributed by atoms with Gasteiger partial charge in [-0.1, -0.05) is 6.07 Å². The fraction of sp³-hybridized carbons (Fsp3) is 0.611. The first-order chi connectivity index (χ1) is 11.7. The largest absolute Gasteiger partial charge is 0.494 e. The molecule has 0 radical (unpaired) electrons. The maximum atomic E-state index is 13.8. The standard InChI is InChI=1S/C18H25FN2O3/c1-23-17-5-4-14(11-16(17)19)12-20-6-2-3-15(13-20)18(22)21-7-9-24-10-8-21/h4-5,11,15H,2-3,6-10,12-13H2,1H3. The first-order valence-electron chi connectivity index (χ1n) is 8.58. The van der Waals surface area contributed by atoms with Crippen molar-refractivity contribution in [1.29, 1.82) is 0 Å². The van der Waals surface area contributed by atoms with Gasteiger partial charge >= 0.3 is 0 Å². The Bertz CT molecular complexity index is 575. The second kappa shape index (κ2) is 7.94. The van der Waals surface area contributed by atoms with Crippen LogP contribution in [-0.2, 0) is 16.1 Å². The van der Waals surface area contributed by atoms with Crippen molar-refractivity contribution in [2.45, 2.75) is 19.4 Å². The zero-order valence-electron chi connectivity index (χ0n) is 14.2. The summed E-state index contributed by atoms with van der Waals surface area (Å²) in [6.45, 7) is 5.00. The van der Waals surface area contributed by atoms with E-state index in [0.29, 0.717) is 32.8 Å². The molecule has 0 aromatic heterocycles. The van der Waals surface area contributed by atoms with Gasteiger partial charge in [0.05, 0.1) is 26.2 Å². The predicted molar refractivity (Wildman–Crippen MR) is 88.4 cm³/mol. The summed E-state index contributed by atoms with van der Waals surface area (Å²) in [7, 11) is 1.46. The predicted octanol–water partition coefficient (Wildman–Crippen LogP) is 1.91. The Kier molecular flexibility index (Phi) is 5.68. The number of halogens is 1. The van der Waals surface area contributed by atoms with Crippen LogP contribution >= 0.6 is 0 Å². The molecule has 1 aromatic carbocycles. The highest BCUT2D eigenvalue weighted by molar-refractivity contribution is 5.79. The Hall–Kier alpha value is -1.66. The summed E-state index contributed by atoms with van der Waals surface area (Å²) in [5.41, 5.74) is 0.910. The molecule has 24 heavy (non-hydrogen) atoms. The number of hydrogen-bond donors (Lipinski definition) is 0. The lowest BCUT2D eigenvalue weighted by Gasteiger charge is -2.36. The third-order valence-electron chi connectivity index (χ3n) is 4.80. The molecule has 1 aromatic rings. The number of piperidine rings is 1. The number of carbonyl (C=O) groups excluding carboxylic acids is 1. The lowest BCUT2D eigenvalue weighted by molar-refractivity contribution is -0.141. The lowest BCUT2D eigenvalue weighted by atomic mass is 9.96. The molecule has 1 unspecified atom stereocenters. The molecule has 2 fully saturated rings. The number of amides is 1. The van der Waals surface area contributed by atoms with E-state index in [9.17, 15) is 9.18 Å². The molecule has 0 saturated carbocycles. The molecule has 2 heterocycles. The van der Waals surface area contributed by atoms with Crippen molar-refractivity contribution in [3.63, 3.8) is 0 Å². The van der Waals surface area contributed by atoms with Gasteiger partial charge in [0.25, 0.3) is 0 Å². The third-order valence-corrected chi connectivity index (χ3v) is 4.80. The van der Waals surface area contributed by atoms with Crippen LogP contribution < -0.4 is 4.74 Å². The molecule has 3 rings (SSSR count). The van der Waals surface area contributed by atoms with Gasteiger partial charge in [-0.3, -0.25) is 9.69 Å². The molecular formula is C18H25FN2O3. The maximum Gasteiger partial charge on any atom is 0.227 e. The molecule has 0 spiro atoms. The van der Waals surface area contributed by atoms with Crippen molar-refractivity contribution in [3.8, 4) is 5.75 Å². The number of nitrogens with zero attached hydrogens (tertiary/aromatic N) is 2. The average molecular weight is 336 g/mol. The van der Waals surface area contributed by atoms with E-state index in [4.69, 9.17) is 9.47 Å². The van der Waals surface area contributed by atoms with Crippen molar-refractivity contribution in [2.75, 3.05) is 46.5 Å². The minimum Gasteiger partial charge on any atom is -0.494 e. The summed E-state index contributed by atoms with van der Waals surface area (Å²) in [6.07, 6.45) is 1.93. The number of ether oxygens (including phenoxy) is 2. The van der Waals surface area contributed by atoms with Crippen molar-refractivity contribution in [3.05, 3.63) is 29.6 Å². The van der Waals surface area contributed by atoms with Gasteiger partial charge in [0.15, 0.2) is 11.6 Å². The van der Waals surface area contributed by atoms with E-state index in [1.807, 2.05) is 11.0 Å². The Balaban J connectivity index is 1.59. The van der Waals surface area contributed by atoms with Crippen molar-refractivity contribution < 1.29 is 18.7 Å². The highest BCUT2D eigenvalue weighted by Crippen LogP contribution is 2.23. The summed E-state index contributed by atoms with van der Waals surface area (Å²) < 4.78 is 24.1. The Morgan fingerprint density at radius 2 is 2.12 bits per heavy atom. The van der Waals surface area contributed by atoms with Crippen LogP contribution in [-0.4, -0.2) is 62.2 Å². The molecule has 2 aliphatic heterocycles. The quantitative estimate of drug-likeness (QED) is 0.842. The number of rotatable bonds is 4. The van der Waals surface area contributed by atoms with E-state index < -0.39 is 0 Å². The minimum atomic E-state index is -0.340. The molecule has 0 N–H and O–H groups in total. The summed E-state index contributed by atoms with van der Waals surface area (Å²) in [5.74, 6) is 0.203. The van der Waals surface area contributed by atoms with Gasteiger partial charge in [0.2, 0.25) is 5.91 Å². The van der Waals surface area contributed by atoms with Crippen molar-refractivity contribution in [2.24, 2.45) is 5.92 Å². The first-order valence-corrected chi connectivity index (χ1v) is 8.58. The first kappa shape index (κ1) is 17.2. The van der Waals surface area contributed by atoms with E-state index >= 15 is 0 Å². The van der Waals surface area contributed by atoms with Gasteiger partial charge < -0.3 is 14.4 Å². The molecular weight excluding hydrogens is 311 g/mol. The molecule has 2 aliphatic rings. The molecule has 2 saturated heterocycles. The van der Waals surface area contributed by atoms with Gasteiger partial charge in [-0.05, 0) is 37.1 Å². The number of carbonyl (C=O) groups is 1. The average Bonchev–Trinajstić information content (AvgIpc) is 2.62. The molecule has 0 aliphatic carbocycles. The number of benzene rings is 1. The summed E-state index contributed by atoms with van der Waals surface area (Å²) in [4.78, 5) is 16.8. The zero-order valence-corrected chi connectivity index (χ0v) is 14.2. The van der Waals surface area contributed by atoms with Crippen molar-refractivity contribution >= 4 is 5.91 Å². The SMILES string of the molecule is COc1ccc(CN2CCCC(C(=O)N3CCOCC3)C2)cc1F. The Morgan fingerprint density at radius 3 is 2.83 bits per heavy atom. The van der Waals surface area contributed by atoms with Crippen molar-refractivity contribution in [1.82, 2.24) is 9.80 Å². The van der Waals surface area contributed by atoms with E-state index in [-0.39, 0.29) is 23.4 Å². The monoisotopic (exact) mass is 336 g/mol. The van der Waals surface area contributed by atoms with Gasteiger partial charge in [-0.15, -0.1) is 0 Å². The van der Waals surface area contributed by atoms with Crippen LogP contribution in [0.5, 0.6) is 5.75 Å². The van der Waals surface area contributed by atoms with Crippen LogP contribution in [0.15, 0.2) is 18.2 Å². The van der Waals surface area contributed by atoms with Gasteiger partial charge in [-0.2, -0.15) is 0 Å². The third kappa shape index (κ3) is 4.05. The highest BCUT2D eigenvalue weighted by atomic mass is 19.1. The molecule has 1 atom stereocenters. The zero-order chi connectivity index (χ0) is 16.9. The van der Waals surface area contributed by atoms with Gasteiger partial charge in [0.1, 0.15) is 0 Å². The number of morpholine rings is 1. The topological polar surface area (TPSA) is 42.0 Å². The van der Waals surface area contributed by atoms with Crippen LogP contribution in [0.1, 0.15) is 18.4 Å². The van der Waals surface area contributed by atoms with E-state index in [0.717, 1.165) is 31.5 Å². The molecule has 5 nitrogen and oxygen atoms in total. The van der Waals surface area contributed by atoms with E-state index in [1.165, 1.54) is 13.2 Å². The summed E-state index contributed by atoms with van der Waals surface area (Å²) in [6, 6.07) is 5.06.